The van der Waals surface area contributed by atoms with Gasteiger partial charge in [-0.25, -0.2) is 0 Å². The molecule has 1 N–H and O–H groups in total. The lowest BCUT2D eigenvalue weighted by Crippen LogP contribution is -2.20. The van der Waals surface area contributed by atoms with Crippen molar-refractivity contribution < 1.29 is 0 Å². The molecule has 0 saturated heterocycles. The largest absolute Gasteiger partial charge is 0.310 e. The summed E-state index contributed by atoms with van der Waals surface area (Å²) in [6, 6.07) is 4.50. The third-order valence-corrected chi connectivity index (χ3v) is 2.86. The molecule has 0 spiro atoms. The van der Waals surface area contributed by atoms with Crippen molar-refractivity contribution in [3.8, 4) is 0 Å². The van der Waals surface area contributed by atoms with Gasteiger partial charge < -0.3 is 5.32 Å². The molecule has 0 amide bonds. The normalized spacial score (nSPS) is 12.7. The molecule has 0 saturated carbocycles. The van der Waals surface area contributed by atoms with Crippen molar-refractivity contribution in [2.75, 3.05) is 18.6 Å². The van der Waals surface area contributed by atoms with Crippen LogP contribution in [0.2, 0.25) is 0 Å². The van der Waals surface area contributed by atoms with E-state index in [1.165, 1.54) is 17.7 Å². The van der Waals surface area contributed by atoms with Crippen molar-refractivity contribution in [3.05, 3.63) is 30.1 Å². The Labute approximate surface area is 90.5 Å². The first-order chi connectivity index (χ1) is 6.84. The van der Waals surface area contributed by atoms with Crippen LogP contribution in [0.1, 0.15) is 24.9 Å². The highest BCUT2D eigenvalue weighted by Crippen LogP contribution is 2.09. The quantitative estimate of drug-likeness (QED) is 0.730. The maximum atomic E-state index is 4.11. The molecule has 14 heavy (non-hydrogen) atoms. The van der Waals surface area contributed by atoms with Crippen LogP contribution in [0.25, 0.3) is 0 Å². The smallest absolute Gasteiger partial charge is 0.0315 e. The Kier molecular flexibility index (Phi) is 5.64. The van der Waals surface area contributed by atoms with Gasteiger partial charge in [-0.2, -0.15) is 11.8 Å². The van der Waals surface area contributed by atoms with E-state index in [-0.39, 0.29) is 0 Å². The Morgan fingerprint density at radius 3 is 3.07 bits per heavy atom. The lowest BCUT2D eigenvalue weighted by molar-refractivity contribution is 0.571. The molecule has 0 aromatic carbocycles. The minimum Gasteiger partial charge on any atom is -0.310 e. The Hall–Kier alpha value is -0.540. The molecular weight excluding hydrogens is 192 g/mol. The van der Waals surface area contributed by atoms with Gasteiger partial charge in [0.25, 0.3) is 0 Å². The summed E-state index contributed by atoms with van der Waals surface area (Å²) in [5.74, 6) is 1.23. The molecule has 0 fully saturated rings. The Morgan fingerprint density at radius 2 is 2.43 bits per heavy atom. The molecule has 2 nitrogen and oxygen atoms in total. The molecule has 1 aromatic rings. The first kappa shape index (κ1) is 11.5. The highest BCUT2D eigenvalue weighted by atomic mass is 32.2. The molecule has 0 aliphatic carbocycles. The summed E-state index contributed by atoms with van der Waals surface area (Å²) in [7, 11) is 0. The van der Waals surface area contributed by atoms with E-state index in [1.807, 2.05) is 30.2 Å². The number of aromatic nitrogens is 1. The van der Waals surface area contributed by atoms with E-state index < -0.39 is 0 Å². The van der Waals surface area contributed by atoms with Crippen LogP contribution in [0.5, 0.6) is 0 Å². The van der Waals surface area contributed by atoms with Gasteiger partial charge in [0.1, 0.15) is 0 Å². The molecule has 1 heterocycles. The number of thioether (sulfide) groups is 1. The van der Waals surface area contributed by atoms with Crippen molar-refractivity contribution in [1.29, 1.82) is 0 Å². The SMILES string of the molecule is CSCCCNC(C)c1cccnc1. The second kappa shape index (κ2) is 6.85. The van der Waals surface area contributed by atoms with Gasteiger partial charge in [0, 0.05) is 18.4 Å². The lowest BCUT2D eigenvalue weighted by Gasteiger charge is -2.13. The van der Waals surface area contributed by atoms with Crippen LogP contribution < -0.4 is 5.32 Å². The van der Waals surface area contributed by atoms with E-state index in [1.54, 1.807) is 0 Å². The van der Waals surface area contributed by atoms with Gasteiger partial charge in [-0.3, -0.25) is 4.98 Å². The molecular formula is C11H18N2S. The summed E-state index contributed by atoms with van der Waals surface area (Å²) >= 11 is 1.90. The average molecular weight is 210 g/mol. The fraction of sp³-hybridized carbons (Fsp3) is 0.545. The Morgan fingerprint density at radius 1 is 1.57 bits per heavy atom. The van der Waals surface area contributed by atoms with E-state index >= 15 is 0 Å². The first-order valence-corrected chi connectivity index (χ1v) is 6.36. The second-order valence-corrected chi connectivity index (χ2v) is 4.29. The fourth-order valence-corrected chi connectivity index (χ4v) is 1.72. The number of rotatable bonds is 6. The van der Waals surface area contributed by atoms with Crippen LogP contribution in [-0.2, 0) is 0 Å². The topological polar surface area (TPSA) is 24.9 Å². The summed E-state index contributed by atoms with van der Waals surface area (Å²) in [6.07, 6.45) is 7.10. The molecule has 1 rings (SSSR count). The summed E-state index contributed by atoms with van der Waals surface area (Å²) in [5, 5.41) is 3.48. The van der Waals surface area contributed by atoms with Crippen molar-refractivity contribution in [1.82, 2.24) is 10.3 Å². The highest BCUT2D eigenvalue weighted by molar-refractivity contribution is 7.98. The van der Waals surface area contributed by atoms with E-state index in [9.17, 15) is 0 Å². The van der Waals surface area contributed by atoms with Gasteiger partial charge in [0.05, 0.1) is 0 Å². The molecule has 78 valence electrons. The van der Waals surface area contributed by atoms with Gasteiger partial charge in [0.15, 0.2) is 0 Å². The predicted octanol–water partition coefficient (Wildman–Crippen LogP) is 2.49. The minimum absolute atomic E-state index is 0.408. The number of hydrogen-bond acceptors (Lipinski definition) is 3. The van der Waals surface area contributed by atoms with Gasteiger partial charge >= 0.3 is 0 Å². The highest BCUT2D eigenvalue weighted by Gasteiger charge is 2.02. The van der Waals surface area contributed by atoms with Crippen LogP contribution in [0.4, 0.5) is 0 Å². The number of nitrogens with zero attached hydrogens (tertiary/aromatic N) is 1. The van der Waals surface area contributed by atoms with Crippen LogP contribution >= 0.6 is 11.8 Å². The maximum absolute atomic E-state index is 4.11. The summed E-state index contributed by atoms with van der Waals surface area (Å²) in [4.78, 5) is 4.11. The van der Waals surface area contributed by atoms with Crippen LogP contribution in [-0.4, -0.2) is 23.5 Å². The number of nitrogens with one attached hydrogen (secondary N) is 1. The van der Waals surface area contributed by atoms with Crippen molar-refractivity contribution in [2.24, 2.45) is 0 Å². The zero-order chi connectivity index (χ0) is 10.2. The third-order valence-electron chi connectivity index (χ3n) is 2.16. The molecule has 0 aliphatic rings. The monoisotopic (exact) mass is 210 g/mol. The van der Waals surface area contributed by atoms with E-state index in [0.29, 0.717) is 6.04 Å². The zero-order valence-corrected chi connectivity index (χ0v) is 9.68. The maximum Gasteiger partial charge on any atom is 0.0315 e. The van der Waals surface area contributed by atoms with Gasteiger partial charge in [-0.05, 0) is 43.5 Å². The fourth-order valence-electron chi connectivity index (χ4n) is 1.29. The third kappa shape index (κ3) is 4.11. The van der Waals surface area contributed by atoms with Gasteiger partial charge in [0.2, 0.25) is 0 Å². The molecule has 1 unspecified atom stereocenters. The molecule has 1 atom stereocenters. The van der Waals surface area contributed by atoms with E-state index in [4.69, 9.17) is 0 Å². The predicted molar refractivity (Wildman–Crippen MR) is 63.7 cm³/mol. The minimum atomic E-state index is 0.408. The average Bonchev–Trinajstić information content (AvgIpc) is 2.25. The van der Waals surface area contributed by atoms with E-state index in [2.05, 4.69) is 29.5 Å². The van der Waals surface area contributed by atoms with Gasteiger partial charge in [-0.1, -0.05) is 6.07 Å². The van der Waals surface area contributed by atoms with Gasteiger partial charge in [-0.15, -0.1) is 0 Å². The van der Waals surface area contributed by atoms with Crippen molar-refractivity contribution in [2.45, 2.75) is 19.4 Å². The van der Waals surface area contributed by atoms with Crippen molar-refractivity contribution >= 4 is 11.8 Å². The van der Waals surface area contributed by atoms with E-state index in [0.717, 1.165) is 6.54 Å². The number of pyridine rings is 1. The molecule has 0 aliphatic heterocycles. The summed E-state index contributed by atoms with van der Waals surface area (Å²) < 4.78 is 0. The standard InChI is InChI=1S/C11H18N2S/c1-10(13-7-4-8-14-2)11-5-3-6-12-9-11/h3,5-6,9-10,13H,4,7-8H2,1-2H3. The van der Waals surface area contributed by atoms with Crippen LogP contribution in [0.15, 0.2) is 24.5 Å². The molecule has 1 aromatic heterocycles. The molecule has 3 heteroatoms. The number of hydrogen-bond donors (Lipinski definition) is 1. The van der Waals surface area contributed by atoms with Crippen molar-refractivity contribution in [3.63, 3.8) is 0 Å². The zero-order valence-electron chi connectivity index (χ0n) is 8.86. The molecule has 0 radical (unpaired) electrons. The lowest BCUT2D eigenvalue weighted by atomic mass is 10.1. The summed E-state index contributed by atoms with van der Waals surface area (Å²) in [6.45, 7) is 3.26. The second-order valence-electron chi connectivity index (χ2n) is 3.31. The Bertz CT molecular complexity index is 238. The van der Waals surface area contributed by atoms with Crippen LogP contribution in [0.3, 0.4) is 0 Å². The first-order valence-electron chi connectivity index (χ1n) is 4.97. The molecule has 0 bridgehead atoms. The van der Waals surface area contributed by atoms with Crippen LogP contribution in [0, 0.1) is 0 Å². The summed E-state index contributed by atoms with van der Waals surface area (Å²) in [5.41, 5.74) is 1.26. The Balaban J connectivity index is 2.25.